The Kier molecular flexibility index (Phi) is 7.21. The number of hydrogen-bond acceptors (Lipinski definition) is 1. The number of allylic oxidation sites excluding steroid dienone is 4. The molecule has 0 radical (unpaired) electrons. The maximum Gasteiger partial charge on any atom is 0.124 e. The molecule has 0 unspecified atom stereocenters. The van der Waals surface area contributed by atoms with E-state index in [1.165, 1.54) is 0 Å². The summed E-state index contributed by atoms with van der Waals surface area (Å²) in [5, 5.41) is 2.91. The van der Waals surface area contributed by atoms with Crippen LogP contribution >= 0.6 is 0 Å². The molecular weight excluding hydrogens is 165 g/mol. The predicted molar refractivity (Wildman–Crippen MR) is 56.3 cm³/mol. The molecule has 0 heterocycles. The van der Waals surface area contributed by atoms with E-state index in [0.29, 0.717) is 13.0 Å². The molecule has 0 aromatic rings. The zero-order chi connectivity index (χ0) is 10.1. The van der Waals surface area contributed by atoms with E-state index in [9.17, 15) is 4.39 Å². The molecule has 1 rings (SSSR count). The lowest BCUT2D eigenvalue weighted by Crippen LogP contribution is -2.10. The van der Waals surface area contributed by atoms with Gasteiger partial charge < -0.3 is 5.32 Å². The summed E-state index contributed by atoms with van der Waals surface area (Å²) in [6.45, 7) is 4.59. The van der Waals surface area contributed by atoms with Crippen molar-refractivity contribution in [2.24, 2.45) is 0 Å². The average molecular weight is 183 g/mol. The van der Waals surface area contributed by atoms with Crippen LogP contribution in [0.1, 0.15) is 20.3 Å². The summed E-state index contributed by atoms with van der Waals surface area (Å²) in [4.78, 5) is 0. The first-order chi connectivity index (χ1) is 6.34. The zero-order valence-corrected chi connectivity index (χ0v) is 8.60. The molecule has 1 aliphatic carbocycles. The van der Waals surface area contributed by atoms with Crippen LogP contribution in [0.15, 0.2) is 35.7 Å². The molecule has 0 saturated carbocycles. The molecule has 0 aromatic carbocycles. The van der Waals surface area contributed by atoms with Crippen molar-refractivity contribution in [3.63, 3.8) is 0 Å². The summed E-state index contributed by atoms with van der Waals surface area (Å²) in [7, 11) is 1.81. The molecule has 0 bridgehead atoms. The molecule has 0 aliphatic heterocycles. The molecule has 0 atom stereocenters. The van der Waals surface area contributed by atoms with E-state index in [4.69, 9.17) is 0 Å². The van der Waals surface area contributed by atoms with Crippen LogP contribution < -0.4 is 5.32 Å². The molecule has 0 amide bonds. The lowest BCUT2D eigenvalue weighted by atomic mass is 10.2. The number of halogens is 1. The van der Waals surface area contributed by atoms with Gasteiger partial charge in [-0.2, -0.15) is 0 Å². The van der Waals surface area contributed by atoms with Crippen LogP contribution in [0.5, 0.6) is 0 Å². The number of likely N-dealkylation sites (N-methyl/N-ethyl adjacent to an activating group) is 1. The standard InChI is InChI=1S/C9H12FN.C2H6/c1-11-7-8-5-3-2-4-6-9(8)10;1-2/h2-3,5-6,11H,4,7H2,1H3;1-2H3. The first-order valence-electron chi connectivity index (χ1n) is 4.71. The van der Waals surface area contributed by atoms with Gasteiger partial charge in [0.2, 0.25) is 0 Å². The lowest BCUT2D eigenvalue weighted by molar-refractivity contribution is 0.635. The second-order valence-electron chi connectivity index (χ2n) is 2.44. The van der Waals surface area contributed by atoms with Crippen molar-refractivity contribution >= 4 is 0 Å². The molecule has 74 valence electrons. The van der Waals surface area contributed by atoms with Crippen LogP contribution in [0.25, 0.3) is 0 Å². The summed E-state index contributed by atoms with van der Waals surface area (Å²) >= 11 is 0. The quantitative estimate of drug-likeness (QED) is 0.694. The first-order valence-corrected chi connectivity index (χ1v) is 4.71. The third-order valence-corrected chi connectivity index (χ3v) is 1.54. The van der Waals surface area contributed by atoms with Gasteiger partial charge in [0.1, 0.15) is 5.83 Å². The maximum absolute atomic E-state index is 13.0. The van der Waals surface area contributed by atoms with Gasteiger partial charge in [-0.15, -0.1) is 0 Å². The fourth-order valence-electron chi connectivity index (χ4n) is 0.979. The topological polar surface area (TPSA) is 12.0 Å². The van der Waals surface area contributed by atoms with Crippen LogP contribution in [-0.4, -0.2) is 13.6 Å². The van der Waals surface area contributed by atoms with Gasteiger partial charge >= 0.3 is 0 Å². The van der Waals surface area contributed by atoms with Crippen molar-refractivity contribution in [2.75, 3.05) is 13.6 Å². The summed E-state index contributed by atoms with van der Waals surface area (Å²) in [5.74, 6) is -0.107. The molecule has 2 heteroatoms. The monoisotopic (exact) mass is 183 g/mol. The molecule has 13 heavy (non-hydrogen) atoms. The van der Waals surface area contributed by atoms with Crippen LogP contribution in [0, 0.1) is 0 Å². The van der Waals surface area contributed by atoms with E-state index in [-0.39, 0.29) is 5.83 Å². The van der Waals surface area contributed by atoms with E-state index < -0.39 is 0 Å². The van der Waals surface area contributed by atoms with Crippen LogP contribution in [0.3, 0.4) is 0 Å². The molecule has 0 aromatic heterocycles. The Morgan fingerprint density at radius 2 is 2.15 bits per heavy atom. The fourth-order valence-corrected chi connectivity index (χ4v) is 0.979. The van der Waals surface area contributed by atoms with Crippen molar-refractivity contribution in [1.82, 2.24) is 5.32 Å². The lowest BCUT2D eigenvalue weighted by Gasteiger charge is -2.00. The molecule has 1 aliphatic rings. The Bertz CT molecular complexity index is 214. The summed E-state index contributed by atoms with van der Waals surface area (Å²) in [5.41, 5.74) is 0.723. The summed E-state index contributed by atoms with van der Waals surface area (Å²) < 4.78 is 13.0. The normalized spacial score (nSPS) is 15.1. The summed E-state index contributed by atoms with van der Waals surface area (Å²) in [6, 6.07) is 0. The number of rotatable bonds is 2. The Labute approximate surface area is 80.0 Å². The van der Waals surface area contributed by atoms with Gasteiger partial charge in [0, 0.05) is 12.1 Å². The average Bonchev–Trinajstić information content (AvgIpc) is 2.36. The second kappa shape index (κ2) is 7.74. The first kappa shape index (κ1) is 12.1. The van der Waals surface area contributed by atoms with Crippen molar-refractivity contribution < 1.29 is 4.39 Å². The van der Waals surface area contributed by atoms with Crippen LogP contribution in [-0.2, 0) is 0 Å². The van der Waals surface area contributed by atoms with Crippen molar-refractivity contribution in [2.45, 2.75) is 20.3 Å². The Morgan fingerprint density at radius 3 is 2.77 bits per heavy atom. The van der Waals surface area contributed by atoms with Crippen molar-refractivity contribution in [1.29, 1.82) is 0 Å². The van der Waals surface area contributed by atoms with Crippen molar-refractivity contribution in [3.05, 3.63) is 35.7 Å². The van der Waals surface area contributed by atoms with Crippen molar-refractivity contribution in [3.8, 4) is 0 Å². The predicted octanol–water partition coefficient (Wildman–Crippen LogP) is 2.97. The van der Waals surface area contributed by atoms with E-state index in [1.807, 2.05) is 33.0 Å². The maximum atomic E-state index is 13.0. The Morgan fingerprint density at radius 1 is 1.46 bits per heavy atom. The molecule has 1 N–H and O–H groups in total. The second-order valence-corrected chi connectivity index (χ2v) is 2.44. The molecule has 0 spiro atoms. The van der Waals surface area contributed by atoms with Gasteiger partial charge in [-0.3, -0.25) is 0 Å². The number of hydrogen-bond donors (Lipinski definition) is 1. The minimum absolute atomic E-state index is 0.107. The highest BCUT2D eigenvalue weighted by atomic mass is 19.1. The van der Waals surface area contributed by atoms with Gasteiger partial charge in [0.05, 0.1) is 0 Å². The van der Waals surface area contributed by atoms with Gasteiger partial charge in [-0.1, -0.05) is 32.1 Å². The highest BCUT2D eigenvalue weighted by Gasteiger charge is 2.02. The Hall–Kier alpha value is -0.890. The molecule has 1 nitrogen and oxygen atoms in total. The summed E-state index contributed by atoms with van der Waals surface area (Å²) in [6.07, 6.45) is 7.90. The number of nitrogens with one attached hydrogen (secondary N) is 1. The smallest absolute Gasteiger partial charge is 0.124 e. The largest absolute Gasteiger partial charge is 0.316 e. The SMILES string of the molecule is CC.CNCC1=CC=CCC=C1F. The van der Waals surface area contributed by atoms with Crippen LogP contribution in [0.4, 0.5) is 4.39 Å². The Balaban J connectivity index is 0.000000671. The minimum atomic E-state index is -0.107. The van der Waals surface area contributed by atoms with E-state index in [1.54, 1.807) is 12.2 Å². The minimum Gasteiger partial charge on any atom is -0.316 e. The van der Waals surface area contributed by atoms with Gasteiger partial charge in [-0.05, 0) is 19.5 Å². The van der Waals surface area contributed by atoms with Crippen LogP contribution in [0.2, 0.25) is 0 Å². The van der Waals surface area contributed by atoms with Gasteiger partial charge in [0.15, 0.2) is 0 Å². The highest BCUT2D eigenvalue weighted by molar-refractivity contribution is 5.33. The van der Waals surface area contributed by atoms with E-state index in [0.717, 1.165) is 5.57 Å². The molecule has 0 saturated heterocycles. The zero-order valence-electron chi connectivity index (χ0n) is 8.60. The third-order valence-electron chi connectivity index (χ3n) is 1.54. The van der Waals surface area contributed by atoms with E-state index >= 15 is 0 Å². The van der Waals surface area contributed by atoms with Gasteiger partial charge in [0.25, 0.3) is 0 Å². The van der Waals surface area contributed by atoms with E-state index in [2.05, 4.69) is 5.32 Å². The highest BCUT2D eigenvalue weighted by Crippen LogP contribution is 2.14. The molecule has 0 fully saturated rings. The van der Waals surface area contributed by atoms with Gasteiger partial charge in [-0.25, -0.2) is 4.39 Å². The third kappa shape index (κ3) is 4.63. The molecular formula is C11H18FN. The fraction of sp³-hybridized carbons (Fsp3) is 0.455.